The molecular formula is C17H25NO4. The van der Waals surface area contributed by atoms with Gasteiger partial charge in [0.05, 0.1) is 13.0 Å². The lowest BCUT2D eigenvalue weighted by Crippen LogP contribution is -2.26. The monoisotopic (exact) mass is 307 g/mol. The lowest BCUT2D eigenvalue weighted by molar-refractivity contribution is -0.142. The van der Waals surface area contributed by atoms with E-state index in [9.17, 15) is 9.59 Å². The number of esters is 1. The minimum absolute atomic E-state index is 0.177. The summed E-state index contributed by atoms with van der Waals surface area (Å²) in [5.74, 6) is -0.0930. The highest BCUT2D eigenvalue weighted by Crippen LogP contribution is 2.12. The molecule has 122 valence electrons. The van der Waals surface area contributed by atoms with Crippen molar-refractivity contribution in [2.24, 2.45) is 5.92 Å². The van der Waals surface area contributed by atoms with E-state index in [0.717, 1.165) is 18.4 Å². The third-order valence-corrected chi connectivity index (χ3v) is 3.34. The van der Waals surface area contributed by atoms with Crippen molar-refractivity contribution >= 4 is 11.9 Å². The molecule has 0 aliphatic carbocycles. The maximum Gasteiger partial charge on any atom is 0.307 e. The Morgan fingerprint density at radius 3 is 2.55 bits per heavy atom. The maximum absolute atomic E-state index is 11.9. The van der Waals surface area contributed by atoms with Crippen LogP contribution in [0.3, 0.4) is 0 Å². The van der Waals surface area contributed by atoms with E-state index in [1.807, 2.05) is 12.1 Å². The third kappa shape index (κ3) is 6.72. The molecule has 0 spiro atoms. The van der Waals surface area contributed by atoms with Gasteiger partial charge in [0.25, 0.3) is 5.91 Å². The highest BCUT2D eigenvalue weighted by Gasteiger charge is 2.08. The SMILES string of the molecule is CCOC(=O)CCNC(=O)c1ccc(CC(C)CCO)cc1. The number of aliphatic hydroxyl groups is 1. The van der Waals surface area contributed by atoms with Gasteiger partial charge in [0.15, 0.2) is 0 Å². The van der Waals surface area contributed by atoms with Gasteiger partial charge < -0.3 is 15.2 Å². The quantitative estimate of drug-likeness (QED) is 0.684. The largest absolute Gasteiger partial charge is 0.466 e. The molecule has 0 aromatic heterocycles. The smallest absolute Gasteiger partial charge is 0.307 e. The van der Waals surface area contributed by atoms with Gasteiger partial charge in [-0.05, 0) is 43.4 Å². The lowest BCUT2D eigenvalue weighted by atomic mass is 9.97. The van der Waals surface area contributed by atoms with Crippen LogP contribution in [-0.4, -0.2) is 36.7 Å². The molecule has 0 aliphatic rings. The molecule has 0 aliphatic heterocycles. The Kier molecular flexibility index (Phi) is 8.22. The average molecular weight is 307 g/mol. The van der Waals surface area contributed by atoms with E-state index in [1.54, 1.807) is 19.1 Å². The standard InChI is InChI=1S/C17H25NO4/c1-3-22-16(20)8-10-18-17(21)15-6-4-14(5-7-15)12-13(2)9-11-19/h4-7,13,19H,3,8-12H2,1-2H3,(H,18,21). The molecule has 5 heteroatoms. The third-order valence-electron chi connectivity index (χ3n) is 3.34. The van der Waals surface area contributed by atoms with Gasteiger partial charge in [-0.25, -0.2) is 0 Å². The predicted octanol–water partition coefficient (Wildman–Crippen LogP) is 1.93. The van der Waals surface area contributed by atoms with Gasteiger partial charge in [0.1, 0.15) is 0 Å². The highest BCUT2D eigenvalue weighted by atomic mass is 16.5. The van der Waals surface area contributed by atoms with Crippen LogP contribution in [-0.2, 0) is 16.0 Å². The topological polar surface area (TPSA) is 75.6 Å². The van der Waals surface area contributed by atoms with Gasteiger partial charge in [-0.2, -0.15) is 0 Å². The van der Waals surface area contributed by atoms with Gasteiger partial charge in [0.2, 0.25) is 0 Å². The highest BCUT2D eigenvalue weighted by molar-refractivity contribution is 5.94. The van der Waals surface area contributed by atoms with Crippen molar-refractivity contribution < 1.29 is 19.4 Å². The number of carbonyl (C=O) groups is 2. The van der Waals surface area contributed by atoms with E-state index in [0.29, 0.717) is 18.1 Å². The molecule has 1 aromatic rings. The summed E-state index contributed by atoms with van der Waals surface area (Å²) >= 11 is 0. The fourth-order valence-electron chi connectivity index (χ4n) is 2.13. The van der Waals surface area contributed by atoms with Crippen LogP contribution in [0.5, 0.6) is 0 Å². The molecule has 0 saturated carbocycles. The lowest BCUT2D eigenvalue weighted by Gasteiger charge is -2.10. The molecule has 1 aromatic carbocycles. The fourth-order valence-corrected chi connectivity index (χ4v) is 2.13. The molecule has 22 heavy (non-hydrogen) atoms. The van der Waals surface area contributed by atoms with E-state index < -0.39 is 0 Å². The molecule has 0 heterocycles. The van der Waals surface area contributed by atoms with Crippen molar-refractivity contribution in [2.45, 2.75) is 33.1 Å². The summed E-state index contributed by atoms with van der Waals surface area (Å²) in [7, 11) is 0. The molecule has 0 saturated heterocycles. The summed E-state index contributed by atoms with van der Waals surface area (Å²) in [6, 6.07) is 7.41. The number of aliphatic hydroxyl groups excluding tert-OH is 1. The van der Waals surface area contributed by atoms with Gasteiger partial charge >= 0.3 is 5.97 Å². The Bertz CT molecular complexity index is 470. The van der Waals surface area contributed by atoms with E-state index in [1.165, 1.54) is 0 Å². The Balaban J connectivity index is 2.42. The molecule has 0 bridgehead atoms. The minimum atomic E-state index is -0.309. The van der Waals surface area contributed by atoms with E-state index in [4.69, 9.17) is 9.84 Å². The number of benzene rings is 1. The first-order valence-electron chi connectivity index (χ1n) is 7.70. The average Bonchev–Trinajstić information content (AvgIpc) is 2.48. The summed E-state index contributed by atoms with van der Waals surface area (Å²) in [6.45, 7) is 4.66. The fraction of sp³-hybridized carbons (Fsp3) is 0.529. The molecule has 2 N–H and O–H groups in total. The number of nitrogens with one attached hydrogen (secondary N) is 1. The summed E-state index contributed by atoms with van der Waals surface area (Å²) < 4.78 is 4.79. The molecule has 1 atom stereocenters. The molecule has 1 unspecified atom stereocenters. The Labute approximate surface area is 131 Å². The van der Waals surface area contributed by atoms with E-state index in [2.05, 4.69) is 12.2 Å². The first kappa shape index (κ1) is 18.2. The number of amides is 1. The minimum Gasteiger partial charge on any atom is -0.466 e. The van der Waals surface area contributed by atoms with E-state index in [-0.39, 0.29) is 31.4 Å². The molecule has 0 fully saturated rings. The zero-order valence-electron chi connectivity index (χ0n) is 13.3. The van der Waals surface area contributed by atoms with Crippen molar-refractivity contribution in [1.82, 2.24) is 5.32 Å². The van der Waals surface area contributed by atoms with Crippen LogP contribution in [0, 0.1) is 5.92 Å². The van der Waals surface area contributed by atoms with Crippen LogP contribution in [0.4, 0.5) is 0 Å². The summed E-state index contributed by atoms with van der Waals surface area (Å²) in [5, 5.41) is 11.6. The number of carbonyl (C=O) groups excluding carboxylic acids is 2. The first-order chi connectivity index (χ1) is 10.6. The van der Waals surface area contributed by atoms with Gasteiger partial charge in [-0.15, -0.1) is 0 Å². The molecule has 1 rings (SSSR count). The molecular weight excluding hydrogens is 282 g/mol. The van der Waals surface area contributed by atoms with Crippen molar-refractivity contribution in [3.63, 3.8) is 0 Å². The maximum atomic E-state index is 11.9. The van der Waals surface area contributed by atoms with Crippen molar-refractivity contribution in [1.29, 1.82) is 0 Å². The number of ether oxygens (including phenoxy) is 1. The van der Waals surface area contributed by atoms with Crippen LogP contribution in [0.1, 0.15) is 42.6 Å². The number of hydrogen-bond acceptors (Lipinski definition) is 4. The number of hydrogen-bond donors (Lipinski definition) is 2. The van der Waals surface area contributed by atoms with Crippen molar-refractivity contribution in [3.05, 3.63) is 35.4 Å². The summed E-state index contributed by atoms with van der Waals surface area (Å²) in [6.07, 6.45) is 1.83. The zero-order valence-corrected chi connectivity index (χ0v) is 13.3. The van der Waals surface area contributed by atoms with Crippen LogP contribution in [0.15, 0.2) is 24.3 Å². The van der Waals surface area contributed by atoms with Gasteiger partial charge in [-0.1, -0.05) is 19.1 Å². The second-order valence-electron chi connectivity index (χ2n) is 5.33. The Hall–Kier alpha value is -1.88. The molecule has 0 radical (unpaired) electrons. The second-order valence-corrected chi connectivity index (χ2v) is 5.33. The summed E-state index contributed by atoms with van der Waals surface area (Å²) in [4.78, 5) is 23.1. The Morgan fingerprint density at radius 2 is 1.95 bits per heavy atom. The van der Waals surface area contributed by atoms with Crippen molar-refractivity contribution in [3.8, 4) is 0 Å². The van der Waals surface area contributed by atoms with E-state index >= 15 is 0 Å². The van der Waals surface area contributed by atoms with Crippen LogP contribution < -0.4 is 5.32 Å². The zero-order chi connectivity index (χ0) is 16.4. The first-order valence-corrected chi connectivity index (χ1v) is 7.70. The predicted molar refractivity (Wildman–Crippen MR) is 84.6 cm³/mol. The normalized spacial score (nSPS) is 11.8. The van der Waals surface area contributed by atoms with Gasteiger partial charge in [0, 0.05) is 18.7 Å². The van der Waals surface area contributed by atoms with Crippen LogP contribution in [0.25, 0.3) is 0 Å². The molecule has 5 nitrogen and oxygen atoms in total. The van der Waals surface area contributed by atoms with Gasteiger partial charge in [-0.3, -0.25) is 9.59 Å². The summed E-state index contributed by atoms with van der Waals surface area (Å²) in [5.41, 5.74) is 1.71. The number of rotatable bonds is 9. The second kappa shape index (κ2) is 9.95. The van der Waals surface area contributed by atoms with Crippen LogP contribution in [0.2, 0.25) is 0 Å². The molecule has 1 amide bonds. The van der Waals surface area contributed by atoms with Crippen LogP contribution >= 0.6 is 0 Å². The Morgan fingerprint density at radius 1 is 1.27 bits per heavy atom. The van der Waals surface area contributed by atoms with Crippen molar-refractivity contribution in [2.75, 3.05) is 19.8 Å².